The fourth-order valence-electron chi connectivity index (χ4n) is 3.10. The third kappa shape index (κ3) is 5.08. The lowest BCUT2D eigenvalue weighted by Crippen LogP contribution is -2.25. The number of nitrogens with zero attached hydrogens (tertiary/aromatic N) is 2. The van der Waals surface area contributed by atoms with E-state index in [1.165, 1.54) is 0 Å². The van der Waals surface area contributed by atoms with Crippen molar-refractivity contribution < 1.29 is 14.3 Å². The summed E-state index contributed by atoms with van der Waals surface area (Å²) in [6.07, 6.45) is 3.20. The van der Waals surface area contributed by atoms with Crippen LogP contribution in [0.4, 0.5) is 0 Å². The Morgan fingerprint density at radius 3 is 2.81 bits per heavy atom. The van der Waals surface area contributed by atoms with Gasteiger partial charge >= 0.3 is 0 Å². The predicted octanol–water partition coefficient (Wildman–Crippen LogP) is 2.88. The van der Waals surface area contributed by atoms with Crippen molar-refractivity contribution in [2.24, 2.45) is 0 Å². The van der Waals surface area contributed by atoms with E-state index in [9.17, 15) is 4.79 Å². The molecule has 1 fully saturated rings. The van der Waals surface area contributed by atoms with Crippen LogP contribution in [0.5, 0.6) is 5.75 Å². The molecule has 1 aliphatic rings. The Bertz CT molecular complexity index is 718. The minimum atomic E-state index is -0.0657. The van der Waals surface area contributed by atoms with E-state index in [4.69, 9.17) is 9.47 Å². The quantitative estimate of drug-likeness (QED) is 0.738. The Labute approximate surface area is 154 Å². The highest BCUT2D eigenvalue weighted by atomic mass is 16.5. The smallest absolute Gasteiger partial charge is 0.251 e. The summed E-state index contributed by atoms with van der Waals surface area (Å²) in [5.41, 5.74) is 2.81. The molecule has 0 radical (unpaired) electrons. The lowest BCUT2D eigenvalue weighted by atomic mass is 10.2. The summed E-state index contributed by atoms with van der Waals surface area (Å²) in [6.45, 7) is 6.84. The molecule has 0 aliphatic carbocycles. The number of nitrogens with one attached hydrogen (secondary N) is 1. The van der Waals surface area contributed by atoms with Gasteiger partial charge in [0.15, 0.2) is 0 Å². The van der Waals surface area contributed by atoms with Crippen LogP contribution in [0.15, 0.2) is 30.3 Å². The first-order valence-electron chi connectivity index (χ1n) is 9.25. The highest BCUT2D eigenvalue weighted by Gasteiger charge is 2.16. The molecular weight excluding hydrogens is 330 g/mol. The average Bonchev–Trinajstić information content (AvgIpc) is 3.26. The number of aromatic nitrogens is 2. The van der Waals surface area contributed by atoms with Gasteiger partial charge in [0.2, 0.25) is 0 Å². The topological polar surface area (TPSA) is 65.4 Å². The van der Waals surface area contributed by atoms with Crippen LogP contribution < -0.4 is 10.1 Å². The molecular formula is C20H27N3O3. The van der Waals surface area contributed by atoms with Gasteiger partial charge in [-0.05, 0) is 63.4 Å². The molecule has 2 heterocycles. The fourth-order valence-corrected chi connectivity index (χ4v) is 3.10. The van der Waals surface area contributed by atoms with Gasteiger partial charge in [-0.1, -0.05) is 0 Å². The number of carbonyl (C=O) groups is 1. The third-order valence-corrected chi connectivity index (χ3v) is 4.51. The minimum Gasteiger partial charge on any atom is -0.491 e. The second kappa shape index (κ2) is 8.85. The van der Waals surface area contributed by atoms with E-state index in [-0.39, 0.29) is 12.0 Å². The van der Waals surface area contributed by atoms with Crippen molar-refractivity contribution in [1.29, 1.82) is 0 Å². The minimum absolute atomic E-state index is 0.0657. The summed E-state index contributed by atoms with van der Waals surface area (Å²) in [6, 6.07) is 9.31. The van der Waals surface area contributed by atoms with Crippen molar-refractivity contribution in [3.05, 3.63) is 47.3 Å². The molecule has 6 heteroatoms. The van der Waals surface area contributed by atoms with E-state index >= 15 is 0 Å². The van der Waals surface area contributed by atoms with Crippen LogP contribution in [0.2, 0.25) is 0 Å². The van der Waals surface area contributed by atoms with Crippen LogP contribution in [0.3, 0.4) is 0 Å². The van der Waals surface area contributed by atoms with Crippen LogP contribution in [0.1, 0.15) is 41.0 Å². The number of aryl methyl sites for hydroxylation is 3. The molecule has 1 aromatic carbocycles. The summed E-state index contributed by atoms with van der Waals surface area (Å²) < 4.78 is 13.2. The average molecular weight is 357 g/mol. The van der Waals surface area contributed by atoms with Crippen LogP contribution >= 0.6 is 0 Å². The third-order valence-electron chi connectivity index (χ3n) is 4.51. The van der Waals surface area contributed by atoms with Crippen molar-refractivity contribution in [1.82, 2.24) is 15.1 Å². The molecule has 1 saturated heterocycles. The number of hydrogen-bond donors (Lipinski definition) is 1. The monoisotopic (exact) mass is 357 g/mol. The Kier molecular flexibility index (Phi) is 6.28. The van der Waals surface area contributed by atoms with Gasteiger partial charge in [-0.3, -0.25) is 9.48 Å². The normalized spacial score (nSPS) is 16.6. The summed E-state index contributed by atoms with van der Waals surface area (Å²) in [4.78, 5) is 12.2. The standard InChI is InChI=1S/C20H27N3O3/c1-15-13-16(2)23(22-15)11-4-10-21-20(24)17-6-8-18(9-7-17)26-14-19-5-3-12-25-19/h6-9,13,19H,3-5,10-12,14H2,1-2H3,(H,21,24)/t19-/m0/s1. The molecule has 26 heavy (non-hydrogen) atoms. The lowest BCUT2D eigenvalue weighted by Gasteiger charge is -2.12. The first-order valence-corrected chi connectivity index (χ1v) is 9.25. The van der Waals surface area contributed by atoms with Crippen LogP contribution in [-0.2, 0) is 11.3 Å². The largest absolute Gasteiger partial charge is 0.491 e. The molecule has 1 amide bonds. The van der Waals surface area contributed by atoms with Crippen LogP contribution in [-0.4, -0.2) is 41.6 Å². The zero-order valence-electron chi connectivity index (χ0n) is 15.5. The molecule has 1 atom stereocenters. The van der Waals surface area contributed by atoms with Gasteiger partial charge in [0.05, 0.1) is 11.8 Å². The first kappa shape index (κ1) is 18.5. The number of ether oxygens (including phenoxy) is 2. The van der Waals surface area contributed by atoms with Gasteiger partial charge in [-0.15, -0.1) is 0 Å². The van der Waals surface area contributed by atoms with Crippen molar-refractivity contribution in [3.63, 3.8) is 0 Å². The molecule has 6 nitrogen and oxygen atoms in total. The zero-order valence-corrected chi connectivity index (χ0v) is 15.5. The van der Waals surface area contributed by atoms with Crippen molar-refractivity contribution in [2.75, 3.05) is 19.8 Å². The highest BCUT2D eigenvalue weighted by molar-refractivity contribution is 5.94. The first-order chi connectivity index (χ1) is 12.6. The molecule has 0 unspecified atom stereocenters. The summed E-state index contributed by atoms with van der Waals surface area (Å²) in [5, 5.41) is 7.37. The lowest BCUT2D eigenvalue weighted by molar-refractivity contribution is 0.0679. The Morgan fingerprint density at radius 2 is 2.15 bits per heavy atom. The van der Waals surface area contributed by atoms with Crippen molar-refractivity contribution >= 4 is 5.91 Å². The summed E-state index contributed by atoms with van der Waals surface area (Å²) >= 11 is 0. The Hall–Kier alpha value is -2.34. The number of carbonyl (C=O) groups excluding carboxylic acids is 1. The molecule has 3 rings (SSSR count). The molecule has 1 aliphatic heterocycles. The zero-order chi connectivity index (χ0) is 18.4. The van der Waals surface area contributed by atoms with Crippen LogP contribution in [0, 0.1) is 13.8 Å². The number of hydrogen-bond acceptors (Lipinski definition) is 4. The number of rotatable bonds is 8. The van der Waals surface area contributed by atoms with E-state index in [1.807, 2.05) is 30.7 Å². The SMILES string of the molecule is Cc1cc(C)n(CCCNC(=O)c2ccc(OC[C@@H]3CCCO3)cc2)n1. The highest BCUT2D eigenvalue weighted by Crippen LogP contribution is 2.16. The second-order valence-electron chi connectivity index (χ2n) is 6.73. The van der Waals surface area contributed by atoms with E-state index < -0.39 is 0 Å². The maximum Gasteiger partial charge on any atom is 0.251 e. The molecule has 0 spiro atoms. The van der Waals surface area contributed by atoms with Crippen molar-refractivity contribution in [3.8, 4) is 5.75 Å². The Balaban J connectivity index is 1.39. The van der Waals surface area contributed by atoms with Gasteiger partial charge in [0, 0.05) is 31.0 Å². The van der Waals surface area contributed by atoms with Crippen LogP contribution in [0.25, 0.3) is 0 Å². The van der Waals surface area contributed by atoms with Gasteiger partial charge < -0.3 is 14.8 Å². The van der Waals surface area contributed by atoms with Gasteiger partial charge in [-0.2, -0.15) is 5.10 Å². The van der Waals surface area contributed by atoms with Gasteiger partial charge in [0.1, 0.15) is 12.4 Å². The molecule has 0 saturated carbocycles. The van der Waals surface area contributed by atoms with Gasteiger partial charge in [-0.25, -0.2) is 0 Å². The van der Waals surface area contributed by atoms with E-state index in [2.05, 4.69) is 16.5 Å². The maximum atomic E-state index is 12.2. The van der Waals surface area contributed by atoms with E-state index in [0.29, 0.717) is 18.7 Å². The van der Waals surface area contributed by atoms with E-state index in [0.717, 1.165) is 49.6 Å². The maximum absolute atomic E-state index is 12.2. The Morgan fingerprint density at radius 1 is 1.35 bits per heavy atom. The molecule has 1 N–H and O–H groups in total. The summed E-state index contributed by atoms with van der Waals surface area (Å²) in [5.74, 6) is 0.700. The summed E-state index contributed by atoms with van der Waals surface area (Å²) in [7, 11) is 0. The number of benzene rings is 1. The van der Waals surface area contributed by atoms with E-state index in [1.54, 1.807) is 12.1 Å². The molecule has 1 aromatic heterocycles. The van der Waals surface area contributed by atoms with Crippen molar-refractivity contribution in [2.45, 2.75) is 45.8 Å². The molecule has 2 aromatic rings. The molecule has 0 bridgehead atoms. The second-order valence-corrected chi connectivity index (χ2v) is 6.73. The predicted molar refractivity (Wildman–Crippen MR) is 99.6 cm³/mol. The molecule has 140 valence electrons. The fraction of sp³-hybridized carbons (Fsp3) is 0.500. The number of amides is 1. The van der Waals surface area contributed by atoms with Gasteiger partial charge in [0.25, 0.3) is 5.91 Å².